The Morgan fingerprint density at radius 3 is 2.57 bits per heavy atom. The molecule has 5 rings (SSSR count). The largest absolute Gasteiger partial charge is 0.503 e. The summed E-state index contributed by atoms with van der Waals surface area (Å²) in [6, 6.07) is 19.5. The Balaban J connectivity index is 1.59. The predicted molar refractivity (Wildman–Crippen MR) is 136 cm³/mol. The number of pyridine rings is 1. The summed E-state index contributed by atoms with van der Waals surface area (Å²) in [4.78, 5) is 32.7. The Morgan fingerprint density at radius 1 is 1.11 bits per heavy atom. The Bertz CT molecular complexity index is 1460. The highest BCUT2D eigenvalue weighted by molar-refractivity contribution is 9.10. The quantitative estimate of drug-likeness (QED) is 0.288. The van der Waals surface area contributed by atoms with Crippen LogP contribution in [0.3, 0.4) is 0 Å². The summed E-state index contributed by atoms with van der Waals surface area (Å²) in [7, 11) is 0. The van der Waals surface area contributed by atoms with Gasteiger partial charge in [0, 0.05) is 16.1 Å². The molecule has 1 aliphatic heterocycles. The minimum absolute atomic E-state index is 0.00125. The van der Waals surface area contributed by atoms with Gasteiger partial charge >= 0.3 is 0 Å². The van der Waals surface area contributed by atoms with E-state index in [0.717, 1.165) is 21.0 Å². The Hall–Kier alpha value is -3.71. The van der Waals surface area contributed by atoms with Crippen LogP contribution in [0.15, 0.2) is 93.1 Å². The van der Waals surface area contributed by atoms with Crippen molar-refractivity contribution in [2.75, 3.05) is 0 Å². The van der Waals surface area contributed by atoms with Crippen molar-refractivity contribution >= 4 is 38.6 Å². The number of aliphatic hydroxyl groups excluding tert-OH is 1. The summed E-state index contributed by atoms with van der Waals surface area (Å²) < 4.78 is 6.67. The molecule has 4 aromatic rings. The molecule has 0 radical (unpaired) electrons. The lowest BCUT2D eigenvalue weighted by molar-refractivity contribution is -0.130. The number of halogens is 1. The normalized spacial score (nSPS) is 16.1. The van der Waals surface area contributed by atoms with Crippen LogP contribution in [0.25, 0.3) is 11.0 Å². The van der Waals surface area contributed by atoms with Crippen LogP contribution in [0, 0.1) is 0 Å². The van der Waals surface area contributed by atoms with Crippen LogP contribution < -0.4 is 0 Å². The number of hydrogen-bond acceptors (Lipinski definition) is 5. The molecule has 0 saturated carbocycles. The molecule has 35 heavy (non-hydrogen) atoms. The first-order valence-corrected chi connectivity index (χ1v) is 12.1. The number of nitrogens with zero attached hydrogens (tertiary/aromatic N) is 2. The van der Waals surface area contributed by atoms with Gasteiger partial charge < -0.3 is 14.4 Å². The molecule has 2 aromatic carbocycles. The SMILES string of the molecule is CC(C)c1ccc(C2C(C(=O)c3cc4cc(Br)ccc4o3)=C(O)C(=O)N2Cc2ccccn2)cc1. The lowest BCUT2D eigenvalue weighted by atomic mass is 9.93. The van der Waals surface area contributed by atoms with E-state index in [9.17, 15) is 14.7 Å². The maximum absolute atomic E-state index is 13.7. The number of rotatable bonds is 6. The van der Waals surface area contributed by atoms with Crippen LogP contribution >= 0.6 is 15.9 Å². The molecule has 7 heteroatoms. The number of hydrogen-bond donors (Lipinski definition) is 1. The third-order valence-electron chi connectivity index (χ3n) is 6.23. The number of ketones is 1. The van der Waals surface area contributed by atoms with E-state index in [1.54, 1.807) is 30.5 Å². The van der Waals surface area contributed by atoms with Crippen LogP contribution in [0.2, 0.25) is 0 Å². The third-order valence-corrected chi connectivity index (χ3v) is 6.72. The number of benzene rings is 2. The molecule has 0 saturated heterocycles. The van der Waals surface area contributed by atoms with E-state index >= 15 is 0 Å². The van der Waals surface area contributed by atoms with Gasteiger partial charge in [-0.15, -0.1) is 0 Å². The van der Waals surface area contributed by atoms with E-state index in [-0.39, 0.29) is 17.9 Å². The molecule has 1 amide bonds. The summed E-state index contributed by atoms with van der Waals surface area (Å²) in [5, 5.41) is 11.7. The Labute approximate surface area is 211 Å². The van der Waals surface area contributed by atoms with Crippen LogP contribution in [0.5, 0.6) is 0 Å². The average molecular weight is 531 g/mol. The molecule has 0 spiro atoms. The number of aliphatic hydroxyl groups is 1. The van der Waals surface area contributed by atoms with Crippen molar-refractivity contribution in [2.45, 2.75) is 32.4 Å². The maximum atomic E-state index is 13.7. The lowest BCUT2D eigenvalue weighted by Gasteiger charge is -2.26. The molecule has 0 fully saturated rings. The molecule has 1 atom stereocenters. The minimum atomic E-state index is -0.779. The maximum Gasteiger partial charge on any atom is 0.290 e. The van der Waals surface area contributed by atoms with Gasteiger partial charge in [-0.1, -0.05) is 60.1 Å². The zero-order chi connectivity index (χ0) is 24.7. The van der Waals surface area contributed by atoms with E-state index in [2.05, 4.69) is 34.8 Å². The number of furan rings is 1. The van der Waals surface area contributed by atoms with E-state index in [1.807, 2.05) is 42.5 Å². The second kappa shape index (κ2) is 9.15. The molecule has 1 unspecified atom stereocenters. The predicted octanol–water partition coefficient (Wildman–Crippen LogP) is 6.49. The first kappa shape index (κ1) is 23.1. The van der Waals surface area contributed by atoms with Crippen molar-refractivity contribution in [1.82, 2.24) is 9.88 Å². The monoisotopic (exact) mass is 530 g/mol. The van der Waals surface area contributed by atoms with Gasteiger partial charge in [0.25, 0.3) is 5.91 Å². The van der Waals surface area contributed by atoms with Crippen LogP contribution in [0.4, 0.5) is 0 Å². The van der Waals surface area contributed by atoms with E-state index in [1.165, 1.54) is 4.90 Å². The summed E-state index contributed by atoms with van der Waals surface area (Å²) in [6.07, 6.45) is 1.65. The smallest absolute Gasteiger partial charge is 0.290 e. The molecule has 2 aromatic heterocycles. The summed E-state index contributed by atoms with van der Waals surface area (Å²) >= 11 is 3.42. The van der Waals surface area contributed by atoms with Gasteiger partial charge in [0.05, 0.1) is 23.9 Å². The van der Waals surface area contributed by atoms with E-state index in [4.69, 9.17) is 4.42 Å². The minimum Gasteiger partial charge on any atom is -0.503 e. The molecule has 1 aliphatic rings. The van der Waals surface area contributed by atoms with Crippen molar-refractivity contribution in [1.29, 1.82) is 0 Å². The highest BCUT2D eigenvalue weighted by atomic mass is 79.9. The van der Waals surface area contributed by atoms with Gasteiger partial charge in [-0.25, -0.2) is 0 Å². The van der Waals surface area contributed by atoms with Crippen molar-refractivity contribution in [2.24, 2.45) is 0 Å². The summed E-state index contributed by atoms with van der Waals surface area (Å²) in [5.41, 5.74) is 3.06. The molecule has 1 N–H and O–H groups in total. The molecular formula is C28H23BrN2O4. The number of carbonyl (C=O) groups excluding carboxylic acids is 2. The van der Waals surface area contributed by atoms with Gasteiger partial charge in [-0.3, -0.25) is 14.6 Å². The summed E-state index contributed by atoms with van der Waals surface area (Å²) in [6.45, 7) is 4.34. The molecule has 176 valence electrons. The van der Waals surface area contributed by atoms with Crippen LogP contribution in [-0.4, -0.2) is 26.7 Å². The summed E-state index contributed by atoms with van der Waals surface area (Å²) in [5.74, 6) is -1.30. The first-order valence-electron chi connectivity index (χ1n) is 11.3. The van der Waals surface area contributed by atoms with Crippen molar-refractivity contribution in [3.63, 3.8) is 0 Å². The van der Waals surface area contributed by atoms with Crippen molar-refractivity contribution in [3.05, 3.63) is 111 Å². The fourth-order valence-corrected chi connectivity index (χ4v) is 4.76. The Morgan fingerprint density at radius 2 is 1.89 bits per heavy atom. The van der Waals surface area contributed by atoms with Gasteiger partial charge in [-0.05, 0) is 53.4 Å². The van der Waals surface area contributed by atoms with Crippen LogP contribution in [0.1, 0.15) is 53.2 Å². The third kappa shape index (κ3) is 4.28. The molecule has 0 bridgehead atoms. The Kier molecular flexibility index (Phi) is 6.03. The van der Waals surface area contributed by atoms with Crippen molar-refractivity contribution < 1.29 is 19.1 Å². The number of Topliss-reactive ketones (excluding diaryl/α,β-unsaturated/α-hetero) is 1. The fourth-order valence-electron chi connectivity index (χ4n) is 4.38. The number of fused-ring (bicyclic) bond motifs is 1. The number of aromatic nitrogens is 1. The zero-order valence-corrected chi connectivity index (χ0v) is 20.8. The highest BCUT2D eigenvalue weighted by Crippen LogP contribution is 2.40. The number of amides is 1. The molecule has 0 aliphatic carbocycles. The zero-order valence-electron chi connectivity index (χ0n) is 19.2. The average Bonchev–Trinajstić information content (AvgIpc) is 3.38. The van der Waals surface area contributed by atoms with Gasteiger partial charge in [0.15, 0.2) is 11.5 Å². The number of carbonyl (C=O) groups is 2. The van der Waals surface area contributed by atoms with Gasteiger partial charge in [-0.2, -0.15) is 0 Å². The molecule has 3 heterocycles. The second-order valence-electron chi connectivity index (χ2n) is 8.86. The van der Waals surface area contributed by atoms with Crippen molar-refractivity contribution in [3.8, 4) is 0 Å². The lowest BCUT2D eigenvalue weighted by Crippen LogP contribution is -2.31. The van der Waals surface area contributed by atoms with Gasteiger partial charge in [0.2, 0.25) is 5.78 Å². The standard InChI is InChI=1S/C28H23BrN2O4/c1-16(2)17-6-8-18(9-7-17)25-24(26(32)23-14-19-13-20(29)10-11-22(19)35-23)27(33)28(34)31(25)15-21-5-3-4-12-30-21/h3-14,16,25,33H,15H2,1-2H3. The molecular weight excluding hydrogens is 508 g/mol. The topological polar surface area (TPSA) is 83.6 Å². The fraction of sp³-hybridized carbons (Fsp3) is 0.179. The van der Waals surface area contributed by atoms with E-state index in [0.29, 0.717) is 17.2 Å². The van der Waals surface area contributed by atoms with Crippen LogP contribution in [-0.2, 0) is 11.3 Å². The van der Waals surface area contributed by atoms with E-state index < -0.39 is 23.5 Å². The first-order chi connectivity index (χ1) is 16.8. The second-order valence-corrected chi connectivity index (χ2v) is 9.78. The van der Waals surface area contributed by atoms with Gasteiger partial charge in [0.1, 0.15) is 5.58 Å². The highest BCUT2D eigenvalue weighted by Gasteiger charge is 2.44. The molecule has 6 nitrogen and oxygen atoms in total.